The van der Waals surface area contributed by atoms with Gasteiger partial charge in [-0.05, 0) is 39.8 Å². The molecule has 3 N–H and O–H groups in total. The number of rotatable bonds is 5. The summed E-state index contributed by atoms with van der Waals surface area (Å²) < 4.78 is 27.1. The van der Waals surface area contributed by atoms with Crippen molar-refractivity contribution in [3.05, 3.63) is 24.3 Å². The quantitative estimate of drug-likeness (QED) is 0.765. The maximum Gasteiger partial charge on any atom is 0.243 e. The van der Waals surface area contributed by atoms with Gasteiger partial charge in [0.15, 0.2) is 0 Å². The van der Waals surface area contributed by atoms with Gasteiger partial charge in [0.2, 0.25) is 15.9 Å². The number of para-hydroxylation sites is 1. The molecule has 21 heavy (non-hydrogen) atoms. The van der Waals surface area contributed by atoms with Crippen LogP contribution in [0.4, 0.5) is 5.69 Å². The molecule has 0 saturated carbocycles. The van der Waals surface area contributed by atoms with Crippen molar-refractivity contribution in [2.45, 2.75) is 44.2 Å². The third kappa shape index (κ3) is 5.02. The Bertz CT molecular complexity index is 606. The molecule has 0 bridgehead atoms. The molecule has 0 aromatic heterocycles. The molecule has 1 amide bonds. The van der Waals surface area contributed by atoms with E-state index in [1.54, 1.807) is 25.2 Å². The van der Waals surface area contributed by atoms with E-state index >= 15 is 0 Å². The van der Waals surface area contributed by atoms with Crippen LogP contribution in [0.5, 0.6) is 0 Å². The van der Waals surface area contributed by atoms with Crippen LogP contribution in [0.25, 0.3) is 0 Å². The first-order valence-electron chi connectivity index (χ1n) is 6.68. The lowest BCUT2D eigenvalue weighted by atomic mass is 10.1. The molecule has 118 valence electrons. The maximum absolute atomic E-state index is 12.4. The van der Waals surface area contributed by atoms with Gasteiger partial charge in [0.1, 0.15) is 4.90 Å². The summed E-state index contributed by atoms with van der Waals surface area (Å²) in [6.45, 7) is 7.02. The van der Waals surface area contributed by atoms with Gasteiger partial charge < -0.3 is 10.6 Å². The molecule has 1 aromatic carbocycles. The van der Waals surface area contributed by atoms with E-state index in [9.17, 15) is 13.2 Å². The summed E-state index contributed by atoms with van der Waals surface area (Å²) in [6, 6.07) is 5.66. The fourth-order valence-electron chi connectivity index (χ4n) is 1.74. The number of nitrogens with one attached hydrogen (secondary N) is 3. The number of carbonyl (C=O) groups is 1. The number of carbonyl (C=O) groups excluding carboxylic acids is 1. The lowest BCUT2D eigenvalue weighted by Gasteiger charge is -2.23. The van der Waals surface area contributed by atoms with Crippen LogP contribution in [0, 0.1) is 0 Å². The molecule has 1 aromatic rings. The molecule has 0 aliphatic rings. The van der Waals surface area contributed by atoms with Gasteiger partial charge in [0.25, 0.3) is 0 Å². The molecule has 0 radical (unpaired) electrons. The third-order valence-electron chi connectivity index (χ3n) is 2.67. The Balaban J connectivity index is 2.93. The monoisotopic (exact) mass is 313 g/mol. The van der Waals surface area contributed by atoms with E-state index in [4.69, 9.17) is 0 Å². The van der Waals surface area contributed by atoms with E-state index in [-0.39, 0.29) is 10.8 Å². The Morgan fingerprint density at radius 2 is 1.76 bits per heavy atom. The van der Waals surface area contributed by atoms with Crippen molar-refractivity contribution >= 4 is 21.6 Å². The van der Waals surface area contributed by atoms with E-state index in [2.05, 4.69) is 15.4 Å². The lowest BCUT2D eigenvalue weighted by molar-refractivity contribution is -0.123. The van der Waals surface area contributed by atoms with Crippen molar-refractivity contribution in [2.75, 3.05) is 12.4 Å². The largest absolute Gasteiger partial charge is 0.387 e. The molecular formula is C14H23N3O3S. The zero-order chi connectivity index (χ0) is 16.3. The molecular weight excluding hydrogens is 290 g/mol. The summed E-state index contributed by atoms with van der Waals surface area (Å²) in [6.07, 6.45) is 0. The van der Waals surface area contributed by atoms with Crippen LogP contribution in [0.3, 0.4) is 0 Å². The number of hydrogen-bond donors (Lipinski definition) is 3. The normalized spacial score (nSPS) is 13.6. The zero-order valence-corrected chi connectivity index (χ0v) is 13.8. The van der Waals surface area contributed by atoms with Crippen LogP contribution in [0.1, 0.15) is 27.7 Å². The second-order valence-corrected chi connectivity index (χ2v) is 7.51. The van der Waals surface area contributed by atoms with Crippen molar-refractivity contribution in [1.29, 1.82) is 0 Å². The highest BCUT2D eigenvalue weighted by Crippen LogP contribution is 2.20. The number of anilines is 1. The minimum absolute atomic E-state index is 0.114. The molecule has 0 fully saturated rings. The second kappa shape index (κ2) is 6.44. The number of benzene rings is 1. The van der Waals surface area contributed by atoms with Crippen LogP contribution in [0.15, 0.2) is 29.2 Å². The summed E-state index contributed by atoms with van der Waals surface area (Å²) in [7, 11) is -2.13. The first kappa shape index (κ1) is 17.5. The maximum atomic E-state index is 12.4. The third-order valence-corrected chi connectivity index (χ3v) is 4.27. The van der Waals surface area contributed by atoms with Crippen LogP contribution in [-0.2, 0) is 14.8 Å². The van der Waals surface area contributed by atoms with Crippen LogP contribution >= 0.6 is 0 Å². The number of amides is 1. The van der Waals surface area contributed by atoms with Crippen molar-refractivity contribution in [1.82, 2.24) is 10.0 Å². The highest BCUT2D eigenvalue weighted by atomic mass is 32.2. The molecule has 0 aliphatic carbocycles. The van der Waals surface area contributed by atoms with Gasteiger partial charge in [-0.2, -0.15) is 4.72 Å². The molecule has 1 rings (SSSR count). The van der Waals surface area contributed by atoms with Gasteiger partial charge in [0.05, 0.1) is 11.7 Å². The second-order valence-electron chi connectivity index (χ2n) is 5.83. The van der Waals surface area contributed by atoms with Gasteiger partial charge in [-0.25, -0.2) is 8.42 Å². The predicted octanol–water partition coefficient (Wildman–Crippen LogP) is 1.31. The van der Waals surface area contributed by atoms with Crippen molar-refractivity contribution < 1.29 is 13.2 Å². The number of hydrogen-bond acceptors (Lipinski definition) is 4. The van der Waals surface area contributed by atoms with E-state index in [0.717, 1.165) is 0 Å². The summed E-state index contributed by atoms with van der Waals surface area (Å²) in [4.78, 5) is 12.1. The van der Waals surface area contributed by atoms with Gasteiger partial charge >= 0.3 is 0 Å². The SMILES string of the molecule is CNc1ccccc1S(=O)(=O)NC(C)C(=O)NC(C)(C)C. The fourth-order valence-corrected chi connectivity index (χ4v) is 3.15. The summed E-state index contributed by atoms with van der Waals surface area (Å²) >= 11 is 0. The van der Waals surface area contributed by atoms with E-state index in [0.29, 0.717) is 5.69 Å². The smallest absolute Gasteiger partial charge is 0.243 e. The Morgan fingerprint density at radius 3 is 2.29 bits per heavy atom. The fraction of sp³-hybridized carbons (Fsp3) is 0.500. The minimum Gasteiger partial charge on any atom is -0.387 e. The summed E-state index contributed by atoms with van der Waals surface area (Å²) in [5, 5.41) is 5.56. The van der Waals surface area contributed by atoms with E-state index < -0.39 is 21.6 Å². The zero-order valence-electron chi connectivity index (χ0n) is 13.0. The standard InChI is InChI=1S/C14H23N3O3S/c1-10(13(18)16-14(2,3)4)17-21(19,20)12-9-7-6-8-11(12)15-5/h6-10,15,17H,1-5H3,(H,16,18). The van der Waals surface area contributed by atoms with Gasteiger partial charge in [-0.15, -0.1) is 0 Å². The minimum atomic E-state index is -3.78. The molecule has 6 nitrogen and oxygen atoms in total. The molecule has 0 aliphatic heterocycles. The van der Waals surface area contributed by atoms with Crippen LogP contribution < -0.4 is 15.4 Å². The average molecular weight is 313 g/mol. The Hall–Kier alpha value is -1.60. The Morgan fingerprint density at radius 1 is 1.19 bits per heavy atom. The highest BCUT2D eigenvalue weighted by Gasteiger charge is 2.25. The highest BCUT2D eigenvalue weighted by molar-refractivity contribution is 7.89. The van der Waals surface area contributed by atoms with Crippen molar-refractivity contribution in [3.8, 4) is 0 Å². The van der Waals surface area contributed by atoms with Crippen LogP contribution in [-0.4, -0.2) is 33.0 Å². The van der Waals surface area contributed by atoms with Gasteiger partial charge in [-0.3, -0.25) is 4.79 Å². The van der Waals surface area contributed by atoms with Gasteiger partial charge in [0, 0.05) is 12.6 Å². The molecule has 0 heterocycles. The van der Waals surface area contributed by atoms with Crippen LogP contribution in [0.2, 0.25) is 0 Å². The molecule has 0 spiro atoms. The Kier molecular flexibility index (Phi) is 5.36. The Labute approximate surface area is 126 Å². The first-order valence-corrected chi connectivity index (χ1v) is 8.16. The summed E-state index contributed by atoms with van der Waals surface area (Å²) in [5.74, 6) is -0.368. The number of sulfonamides is 1. The molecule has 1 unspecified atom stereocenters. The molecule has 0 saturated heterocycles. The predicted molar refractivity (Wildman–Crippen MR) is 83.7 cm³/mol. The first-order chi connectivity index (χ1) is 9.57. The average Bonchev–Trinajstić information content (AvgIpc) is 2.36. The van der Waals surface area contributed by atoms with Gasteiger partial charge in [-0.1, -0.05) is 12.1 Å². The topological polar surface area (TPSA) is 87.3 Å². The van der Waals surface area contributed by atoms with Crippen molar-refractivity contribution in [2.24, 2.45) is 0 Å². The summed E-state index contributed by atoms with van der Waals surface area (Å²) in [5.41, 5.74) is 0.0630. The lowest BCUT2D eigenvalue weighted by Crippen LogP contribution is -2.50. The van der Waals surface area contributed by atoms with E-state index in [1.165, 1.54) is 13.0 Å². The molecule has 1 atom stereocenters. The van der Waals surface area contributed by atoms with Crippen molar-refractivity contribution in [3.63, 3.8) is 0 Å². The van der Waals surface area contributed by atoms with E-state index in [1.807, 2.05) is 20.8 Å². The molecule has 7 heteroatoms.